The van der Waals surface area contributed by atoms with E-state index in [1.54, 1.807) is 24.4 Å². The van der Waals surface area contributed by atoms with Crippen LogP contribution in [-0.2, 0) is 4.74 Å². The minimum atomic E-state index is -0.937. The third-order valence-electron chi connectivity index (χ3n) is 6.44. The van der Waals surface area contributed by atoms with Gasteiger partial charge >= 0.3 is 0 Å². The minimum absolute atomic E-state index is 0.0730. The van der Waals surface area contributed by atoms with E-state index in [-0.39, 0.29) is 48.7 Å². The highest BCUT2D eigenvalue weighted by Crippen LogP contribution is 2.40. The van der Waals surface area contributed by atoms with E-state index in [0.29, 0.717) is 33.5 Å². The molecule has 3 heterocycles. The summed E-state index contributed by atoms with van der Waals surface area (Å²) in [7, 11) is 0. The number of aromatic nitrogens is 2. The normalized spacial score (nSPS) is 16.8. The Morgan fingerprint density at radius 2 is 1.98 bits per heavy atom. The second-order valence-electron chi connectivity index (χ2n) is 9.65. The molecule has 0 saturated carbocycles. The van der Waals surface area contributed by atoms with E-state index in [9.17, 15) is 10.4 Å². The zero-order valence-corrected chi connectivity index (χ0v) is 22.0. The summed E-state index contributed by atoms with van der Waals surface area (Å²) in [5, 5.41) is 22.1. The maximum atomic E-state index is 15.2. The van der Waals surface area contributed by atoms with E-state index in [1.165, 1.54) is 12.3 Å². The van der Waals surface area contributed by atoms with Crippen LogP contribution in [0.3, 0.4) is 0 Å². The molecular formula is C29H27F2N5O4. The Morgan fingerprint density at radius 1 is 1.20 bits per heavy atom. The predicted octanol–water partition coefficient (Wildman–Crippen LogP) is 5.75. The zero-order valence-electron chi connectivity index (χ0n) is 22.0. The first-order valence-corrected chi connectivity index (χ1v) is 12.7. The second kappa shape index (κ2) is 11.2. The maximum absolute atomic E-state index is 15.2. The van der Waals surface area contributed by atoms with Crippen molar-refractivity contribution in [1.29, 1.82) is 5.26 Å². The quantitative estimate of drug-likeness (QED) is 0.269. The molecule has 0 radical (unpaired) electrons. The van der Waals surface area contributed by atoms with Crippen molar-refractivity contribution in [2.45, 2.75) is 32.9 Å². The van der Waals surface area contributed by atoms with Crippen molar-refractivity contribution in [3.05, 3.63) is 66.0 Å². The van der Waals surface area contributed by atoms with Gasteiger partial charge in [0.25, 0.3) is 6.02 Å². The number of amidine groups is 1. The number of halogens is 2. The molecule has 0 fully saturated rings. The molecule has 0 spiro atoms. The fourth-order valence-electron chi connectivity index (χ4n) is 4.36. The number of ether oxygens (including phenoxy) is 3. The van der Waals surface area contributed by atoms with Crippen LogP contribution in [0.1, 0.15) is 26.3 Å². The fraction of sp³-hybridized carbons (Fsp3) is 0.276. The molecule has 40 heavy (non-hydrogen) atoms. The topological polar surface area (TPSA) is 125 Å². The van der Waals surface area contributed by atoms with Crippen LogP contribution in [0, 0.1) is 28.9 Å². The molecule has 11 heteroatoms. The number of hydrogen-bond donors (Lipinski definition) is 3. The molecule has 3 N–H and O–H groups in total. The molecule has 1 aliphatic heterocycles. The highest BCUT2D eigenvalue weighted by atomic mass is 19.1. The smallest absolute Gasteiger partial charge is 0.289 e. The third kappa shape index (κ3) is 5.39. The first-order valence-electron chi connectivity index (χ1n) is 12.7. The number of rotatable bonds is 7. The van der Waals surface area contributed by atoms with Crippen LogP contribution in [0.2, 0.25) is 0 Å². The van der Waals surface area contributed by atoms with E-state index >= 15 is 8.78 Å². The number of nitriles is 1. The van der Waals surface area contributed by atoms with Crippen LogP contribution in [-0.4, -0.2) is 46.5 Å². The number of anilines is 1. The van der Waals surface area contributed by atoms with Crippen LogP contribution in [0.5, 0.6) is 17.2 Å². The Balaban J connectivity index is 1.47. The lowest BCUT2D eigenvalue weighted by Gasteiger charge is -2.26. The number of fused-ring (bicyclic) bond motifs is 1. The summed E-state index contributed by atoms with van der Waals surface area (Å²) in [5.41, 5.74) is 2.28. The summed E-state index contributed by atoms with van der Waals surface area (Å²) in [6, 6.07) is 10.8. The Labute approximate surface area is 229 Å². The van der Waals surface area contributed by atoms with E-state index < -0.39 is 17.4 Å². The number of benzene rings is 2. The lowest BCUT2D eigenvalue weighted by Crippen LogP contribution is -2.35. The van der Waals surface area contributed by atoms with Gasteiger partial charge in [-0.05, 0) is 44.5 Å². The predicted molar refractivity (Wildman–Crippen MR) is 145 cm³/mol. The number of aliphatic imine (C=N–C) groups is 1. The van der Waals surface area contributed by atoms with Crippen molar-refractivity contribution in [3.63, 3.8) is 0 Å². The Kier molecular flexibility index (Phi) is 7.53. The molecule has 2 aromatic carbocycles. The van der Waals surface area contributed by atoms with E-state index in [4.69, 9.17) is 14.2 Å². The van der Waals surface area contributed by atoms with E-state index in [0.717, 1.165) is 12.1 Å². The van der Waals surface area contributed by atoms with Crippen molar-refractivity contribution in [1.82, 2.24) is 9.97 Å². The van der Waals surface area contributed by atoms with Gasteiger partial charge in [-0.2, -0.15) is 5.26 Å². The Hall–Kier alpha value is -4.69. The standard InChI is InChI=1S/C29H27F2N5O4/c1-15(2)39-25-8-17(4-5-18(25)11-32)21-12-34-28-26(21)24(6-7-33-28)40-27-22(30)9-20(10-23(27)31)36-29-35-16(3)19(13-37)14-38-29/h4-10,12,15-16,19,37H,13-14H2,1-3H3,(H,33,34)(H,35,36). The number of hydrogen-bond acceptors (Lipinski definition) is 8. The summed E-state index contributed by atoms with van der Waals surface area (Å²) < 4.78 is 47.4. The molecule has 0 aliphatic carbocycles. The van der Waals surface area contributed by atoms with Crippen molar-refractivity contribution >= 4 is 22.7 Å². The van der Waals surface area contributed by atoms with Crippen molar-refractivity contribution in [2.24, 2.45) is 10.9 Å². The highest BCUT2D eigenvalue weighted by molar-refractivity contribution is 5.98. The summed E-state index contributed by atoms with van der Waals surface area (Å²) in [4.78, 5) is 11.7. The van der Waals surface area contributed by atoms with Gasteiger partial charge in [-0.25, -0.2) is 18.8 Å². The number of nitrogens with one attached hydrogen (secondary N) is 2. The number of nitrogens with zero attached hydrogens (tertiary/aromatic N) is 3. The minimum Gasteiger partial charge on any atom is -0.490 e. The van der Waals surface area contributed by atoms with Gasteiger partial charge in [0.2, 0.25) is 0 Å². The molecule has 206 valence electrons. The van der Waals surface area contributed by atoms with Crippen LogP contribution in [0.25, 0.3) is 22.2 Å². The van der Waals surface area contributed by atoms with Crippen LogP contribution >= 0.6 is 0 Å². The van der Waals surface area contributed by atoms with Crippen LogP contribution in [0.4, 0.5) is 14.5 Å². The van der Waals surface area contributed by atoms with E-state index in [2.05, 4.69) is 26.3 Å². The van der Waals surface area contributed by atoms with Crippen LogP contribution in [0.15, 0.2) is 53.8 Å². The lowest BCUT2D eigenvalue weighted by atomic mass is 10.0. The lowest BCUT2D eigenvalue weighted by molar-refractivity contribution is 0.125. The molecule has 0 bridgehead atoms. The maximum Gasteiger partial charge on any atom is 0.289 e. The van der Waals surface area contributed by atoms with Crippen molar-refractivity contribution in [2.75, 3.05) is 18.5 Å². The molecule has 2 unspecified atom stereocenters. The second-order valence-corrected chi connectivity index (χ2v) is 9.65. The van der Waals surface area contributed by atoms with E-state index in [1.807, 2.05) is 20.8 Å². The van der Waals surface area contributed by atoms with Crippen molar-refractivity contribution < 1.29 is 28.1 Å². The molecule has 2 aromatic heterocycles. The molecule has 0 amide bonds. The molecule has 0 saturated heterocycles. The molecule has 5 rings (SSSR count). The largest absolute Gasteiger partial charge is 0.490 e. The third-order valence-corrected chi connectivity index (χ3v) is 6.44. The Morgan fingerprint density at radius 3 is 2.65 bits per heavy atom. The summed E-state index contributed by atoms with van der Waals surface area (Å²) in [6.45, 7) is 5.71. The number of aliphatic hydroxyl groups excluding tert-OH is 1. The Bertz CT molecular complexity index is 1610. The van der Waals surface area contributed by atoms with Gasteiger partial charge in [-0.3, -0.25) is 0 Å². The average Bonchev–Trinajstić information content (AvgIpc) is 3.36. The van der Waals surface area contributed by atoms with Gasteiger partial charge in [0.15, 0.2) is 17.4 Å². The molecule has 4 aromatic rings. The number of aromatic amines is 1. The number of aliphatic hydroxyl groups is 1. The molecular weight excluding hydrogens is 520 g/mol. The SMILES string of the molecule is CC(C)Oc1cc(-c2c[nH]c3nccc(Oc4c(F)cc(NC5=NC(C)C(CO)CO5)cc4F)c23)ccc1C#N. The van der Waals surface area contributed by atoms with Gasteiger partial charge < -0.3 is 29.6 Å². The summed E-state index contributed by atoms with van der Waals surface area (Å²) >= 11 is 0. The average molecular weight is 548 g/mol. The highest BCUT2D eigenvalue weighted by Gasteiger charge is 2.24. The van der Waals surface area contributed by atoms with Gasteiger partial charge in [0.1, 0.15) is 23.2 Å². The zero-order chi connectivity index (χ0) is 28.4. The van der Waals surface area contributed by atoms with Crippen molar-refractivity contribution in [3.8, 4) is 34.4 Å². The first-order chi connectivity index (χ1) is 19.3. The number of pyridine rings is 1. The molecule has 1 aliphatic rings. The van der Waals surface area contributed by atoms with Gasteiger partial charge in [-0.15, -0.1) is 0 Å². The molecule has 9 nitrogen and oxygen atoms in total. The molecule has 2 atom stereocenters. The first kappa shape index (κ1) is 26.9. The monoisotopic (exact) mass is 547 g/mol. The number of H-pyrrole nitrogens is 1. The van der Waals surface area contributed by atoms with Crippen LogP contribution < -0.4 is 14.8 Å². The van der Waals surface area contributed by atoms with Gasteiger partial charge in [0, 0.05) is 41.7 Å². The summed E-state index contributed by atoms with van der Waals surface area (Å²) in [6.07, 6.45) is 3.03. The fourth-order valence-corrected chi connectivity index (χ4v) is 4.36. The van der Waals surface area contributed by atoms with Gasteiger partial charge in [0.05, 0.1) is 36.3 Å². The summed E-state index contributed by atoms with van der Waals surface area (Å²) in [5.74, 6) is -2.01. The van der Waals surface area contributed by atoms with Gasteiger partial charge in [-0.1, -0.05) is 6.07 Å².